The van der Waals surface area contributed by atoms with Crippen LogP contribution in [0, 0.1) is 0 Å². The normalized spacial score (nSPS) is 13.8. The maximum absolute atomic E-state index is 5.39. The van der Waals surface area contributed by atoms with Gasteiger partial charge in [-0.1, -0.05) is 0 Å². The molecule has 0 rings (SSSR count). The molecule has 3 heteroatoms. The molecule has 0 aromatic carbocycles. The Labute approximate surface area is 58.0 Å². The first kappa shape index (κ1) is 9.35. The summed E-state index contributed by atoms with van der Waals surface area (Å²) in [5.41, 5.74) is 0. The van der Waals surface area contributed by atoms with Crippen LogP contribution in [0.3, 0.4) is 0 Å². The van der Waals surface area contributed by atoms with Crippen LogP contribution in [0.1, 0.15) is 13.8 Å². The Bertz CT molecular complexity index is 65.5. The zero-order valence-corrected chi connectivity index (χ0v) is 7.73. The third-order valence-corrected chi connectivity index (χ3v) is 2.95. The molecule has 0 aliphatic rings. The Morgan fingerprint density at radius 2 is 1.33 bits per heavy atom. The van der Waals surface area contributed by atoms with E-state index in [4.69, 9.17) is 9.05 Å². The van der Waals surface area contributed by atoms with Gasteiger partial charge < -0.3 is 0 Å². The Kier molecular flexibility index (Phi) is 4.37. The van der Waals surface area contributed by atoms with E-state index in [-0.39, 0.29) is 0 Å². The van der Waals surface area contributed by atoms with Crippen molar-refractivity contribution < 1.29 is 9.05 Å². The molecule has 58 valence electrons. The summed E-state index contributed by atoms with van der Waals surface area (Å²) in [5.74, 6) is 0. The van der Waals surface area contributed by atoms with Gasteiger partial charge in [-0.05, 0) is 0 Å². The van der Waals surface area contributed by atoms with E-state index < -0.39 is 7.72 Å². The van der Waals surface area contributed by atoms with Crippen LogP contribution >= 0.6 is 7.72 Å². The summed E-state index contributed by atoms with van der Waals surface area (Å²) < 4.78 is 10.8. The van der Waals surface area contributed by atoms with Crippen LogP contribution in [0.2, 0.25) is 0 Å². The molecule has 0 fully saturated rings. The maximum atomic E-state index is 5.39. The van der Waals surface area contributed by atoms with Crippen molar-refractivity contribution in [1.29, 1.82) is 0 Å². The van der Waals surface area contributed by atoms with Gasteiger partial charge in [0.05, 0.1) is 0 Å². The third-order valence-electron chi connectivity index (χ3n) is 0.984. The van der Waals surface area contributed by atoms with Gasteiger partial charge in [-0.2, -0.15) is 0 Å². The summed E-state index contributed by atoms with van der Waals surface area (Å²) in [5, 5.41) is 0. The summed E-state index contributed by atoms with van der Waals surface area (Å²) in [7, 11) is -1.70. The monoisotopic (exact) mass is 152 g/mol. The van der Waals surface area contributed by atoms with Crippen molar-refractivity contribution in [3.8, 4) is 0 Å². The fraction of sp³-hybridized carbons (Fsp3) is 1.00. The molecule has 0 aliphatic carbocycles. The molecule has 0 bridgehead atoms. The number of hydrogen-bond donors (Lipinski definition) is 0. The first-order valence-electron chi connectivity index (χ1n) is 3.40. The third kappa shape index (κ3) is 4.83. The Balaban J connectivity index is 3.43. The summed E-state index contributed by atoms with van der Waals surface area (Å²) in [6.07, 6.45) is 0. The Hall–Kier alpha value is 0.350. The second-order valence-corrected chi connectivity index (χ2v) is 5.64. The van der Waals surface area contributed by atoms with E-state index in [1.807, 2.05) is 13.8 Å². The van der Waals surface area contributed by atoms with Crippen molar-refractivity contribution >= 4 is 7.72 Å². The first-order chi connectivity index (χ1) is 4.12. The van der Waals surface area contributed by atoms with Crippen LogP contribution in [0.5, 0.6) is 0 Å². The van der Waals surface area contributed by atoms with Gasteiger partial charge in [0.1, 0.15) is 0 Å². The molecule has 0 spiro atoms. The van der Waals surface area contributed by atoms with Gasteiger partial charge in [0.25, 0.3) is 0 Å². The first-order valence-corrected chi connectivity index (χ1v) is 6.22. The van der Waals surface area contributed by atoms with E-state index in [9.17, 15) is 0 Å². The van der Waals surface area contributed by atoms with E-state index in [0.717, 1.165) is 13.2 Å². The molecule has 0 saturated heterocycles. The van der Waals surface area contributed by atoms with E-state index >= 15 is 0 Å². The molecule has 0 aromatic rings. The van der Waals surface area contributed by atoms with E-state index in [0.29, 0.717) is 0 Å². The molecule has 0 aliphatic heterocycles. The second kappa shape index (κ2) is 4.21. The van der Waals surface area contributed by atoms with Gasteiger partial charge in [-0.15, -0.1) is 0 Å². The fourth-order valence-electron chi connectivity index (χ4n) is 0.737. The Morgan fingerprint density at radius 3 is 1.56 bits per heavy atom. The van der Waals surface area contributed by atoms with E-state index in [1.54, 1.807) is 0 Å². The SMILES string of the molecule is CCO[PH](C)(C)OCC. The Morgan fingerprint density at radius 1 is 1.00 bits per heavy atom. The molecular weight excluding hydrogens is 135 g/mol. The fourth-order valence-corrected chi connectivity index (χ4v) is 2.21. The van der Waals surface area contributed by atoms with Gasteiger partial charge in [0.15, 0.2) is 0 Å². The molecule has 0 saturated carbocycles. The minimum atomic E-state index is -1.70. The van der Waals surface area contributed by atoms with E-state index in [2.05, 4.69) is 13.3 Å². The van der Waals surface area contributed by atoms with Gasteiger partial charge in [0.2, 0.25) is 0 Å². The van der Waals surface area contributed by atoms with Gasteiger partial charge in [-0.3, -0.25) is 0 Å². The zero-order chi connectivity index (χ0) is 7.33. The van der Waals surface area contributed by atoms with Gasteiger partial charge in [0, 0.05) is 0 Å². The average molecular weight is 152 g/mol. The topological polar surface area (TPSA) is 18.5 Å². The quantitative estimate of drug-likeness (QED) is 0.573. The molecule has 0 unspecified atom stereocenters. The van der Waals surface area contributed by atoms with Crippen LogP contribution in [0.15, 0.2) is 0 Å². The standard InChI is InChI=1S/C6H17O2P/c1-5-7-9(3,4)8-6-2/h9H,5-6H2,1-4H3. The van der Waals surface area contributed by atoms with Crippen LogP contribution in [-0.4, -0.2) is 26.5 Å². The predicted octanol–water partition coefficient (Wildman–Crippen LogP) is 1.90. The van der Waals surface area contributed by atoms with Gasteiger partial charge >= 0.3 is 57.2 Å². The van der Waals surface area contributed by atoms with Crippen molar-refractivity contribution in [2.24, 2.45) is 0 Å². The molecule has 0 radical (unpaired) electrons. The van der Waals surface area contributed by atoms with Crippen LogP contribution in [0.4, 0.5) is 0 Å². The van der Waals surface area contributed by atoms with Crippen molar-refractivity contribution in [2.75, 3.05) is 26.5 Å². The predicted molar refractivity (Wildman–Crippen MR) is 43.4 cm³/mol. The molecule has 0 aromatic heterocycles. The van der Waals surface area contributed by atoms with E-state index in [1.165, 1.54) is 0 Å². The summed E-state index contributed by atoms with van der Waals surface area (Å²) >= 11 is 0. The molecule has 0 heterocycles. The minimum absolute atomic E-state index is 0.763. The number of rotatable bonds is 4. The van der Waals surface area contributed by atoms with Crippen LogP contribution < -0.4 is 0 Å². The molecule has 2 nitrogen and oxygen atoms in total. The summed E-state index contributed by atoms with van der Waals surface area (Å²) in [6, 6.07) is 0. The molecule has 0 N–H and O–H groups in total. The van der Waals surface area contributed by atoms with Crippen LogP contribution in [-0.2, 0) is 9.05 Å². The summed E-state index contributed by atoms with van der Waals surface area (Å²) in [6.45, 7) is 9.62. The van der Waals surface area contributed by atoms with Crippen molar-refractivity contribution in [3.63, 3.8) is 0 Å². The van der Waals surface area contributed by atoms with Crippen molar-refractivity contribution in [1.82, 2.24) is 0 Å². The molecule has 0 amide bonds. The molecule has 0 atom stereocenters. The average Bonchev–Trinajstić information content (AvgIpc) is 1.64. The van der Waals surface area contributed by atoms with Gasteiger partial charge in [-0.25, -0.2) is 0 Å². The zero-order valence-electron chi connectivity index (χ0n) is 6.73. The summed E-state index contributed by atoms with van der Waals surface area (Å²) in [4.78, 5) is 0. The van der Waals surface area contributed by atoms with Crippen molar-refractivity contribution in [2.45, 2.75) is 13.8 Å². The van der Waals surface area contributed by atoms with Crippen molar-refractivity contribution in [3.05, 3.63) is 0 Å². The van der Waals surface area contributed by atoms with Crippen LogP contribution in [0.25, 0.3) is 0 Å². The molecule has 9 heavy (non-hydrogen) atoms. The molecular formula is C6H17O2P. The number of hydrogen-bond acceptors (Lipinski definition) is 2. The second-order valence-electron chi connectivity index (χ2n) is 2.27.